The molecule has 0 bridgehead atoms. The standard InChI is InChI=1S/C16H24ClN3O2/c1-10(2)20(11(3)4)16(21)12(5)22-19-15(18)13-7-6-8-14(17)9-13/h6-12H,1-5H3,(H2,18,19). The zero-order valence-electron chi connectivity index (χ0n) is 13.7. The Morgan fingerprint density at radius 2 is 1.82 bits per heavy atom. The number of oxime groups is 1. The molecule has 1 atom stereocenters. The van der Waals surface area contributed by atoms with Gasteiger partial charge in [-0.3, -0.25) is 4.79 Å². The molecule has 1 unspecified atom stereocenters. The van der Waals surface area contributed by atoms with Crippen LogP contribution in [0, 0.1) is 0 Å². The maximum atomic E-state index is 12.4. The van der Waals surface area contributed by atoms with Gasteiger partial charge in [0.1, 0.15) is 0 Å². The van der Waals surface area contributed by atoms with Gasteiger partial charge >= 0.3 is 0 Å². The third kappa shape index (κ3) is 4.91. The quantitative estimate of drug-likeness (QED) is 0.496. The zero-order chi connectivity index (χ0) is 16.9. The van der Waals surface area contributed by atoms with Gasteiger partial charge in [0.05, 0.1) is 0 Å². The normalized spacial score (nSPS) is 13.4. The summed E-state index contributed by atoms with van der Waals surface area (Å²) in [6.45, 7) is 9.53. The third-order valence-electron chi connectivity index (χ3n) is 3.14. The van der Waals surface area contributed by atoms with Crippen LogP contribution < -0.4 is 5.73 Å². The van der Waals surface area contributed by atoms with E-state index < -0.39 is 6.10 Å². The largest absolute Gasteiger partial charge is 0.381 e. The van der Waals surface area contributed by atoms with Gasteiger partial charge in [0, 0.05) is 22.7 Å². The molecule has 22 heavy (non-hydrogen) atoms. The summed E-state index contributed by atoms with van der Waals surface area (Å²) < 4.78 is 0. The third-order valence-corrected chi connectivity index (χ3v) is 3.38. The zero-order valence-corrected chi connectivity index (χ0v) is 14.5. The number of rotatable bonds is 6. The maximum Gasteiger partial charge on any atom is 0.266 e. The molecule has 0 radical (unpaired) electrons. The van der Waals surface area contributed by atoms with E-state index in [0.29, 0.717) is 10.6 Å². The first kappa shape index (κ1) is 18.3. The summed E-state index contributed by atoms with van der Waals surface area (Å²) >= 11 is 5.90. The SMILES string of the molecule is CC(O/N=C(/N)c1cccc(Cl)c1)C(=O)N(C(C)C)C(C)C. The fourth-order valence-corrected chi connectivity index (χ4v) is 2.39. The molecule has 0 aromatic heterocycles. The predicted octanol–water partition coefficient (Wildman–Crippen LogP) is 3.01. The average Bonchev–Trinajstić information content (AvgIpc) is 2.43. The van der Waals surface area contributed by atoms with Gasteiger partial charge in [0.2, 0.25) is 6.10 Å². The molecule has 0 heterocycles. The second-order valence-corrected chi connectivity index (χ2v) is 6.10. The second-order valence-electron chi connectivity index (χ2n) is 5.67. The van der Waals surface area contributed by atoms with Crippen molar-refractivity contribution in [3.8, 4) is 0 Å². The molecule has 0 fully saturated rings. The minimum absolute atomic E-state index is 0.0906. The van der Waals surface area contributed by atoms with E-state index in [2.05, 4.69) is 5.16 Å². The minimum atomic E-state index is -0.706. The lowest BCUT2D eigenvalue weighted by molar-refractivity contribution is -0.146. The van der Waals surface area contributed by atoms with Crippen LogP contribution >= 0.6 is 11.6 Å². The fraction of sp³-hybridized carbons (Fsp3) is 0.500. The molecule has 0 aliphatic heterocycles. The van der Waals surface area contributed by atoms with Gasteiger partial charge in [-0.1, -0.05) is 28.9 Å². The fourth-order valence-electron chi connectivity index (χ4n) is 2.20. The number of halogens is 1. The van der Waals surface area contributed by atoms with Crippen molar-refractivity contribution < 1.29 is 9.63 Å². The van der Waals surface area contributed by atoms with Gasteiger partial charge in [-0.25, -0.2) is 0 Å². The second kappa shape index (κ2) is 8.03. The monoisotopic (exact) mass is 325 g/mol. The molecule has 0 aliphatic rings. The van der Waals surface area contributed by atoms with Crippen molar-refractivity contribution in [1.29, 1.82) is 0 Å². The Kier molecular flexibility index (Phi) is 6.68. The first-order valence-corrected chi connectivity index (χ1v) is 7.69. The molecule has 5 nitrogen and oxygen atoms in total. The molecule has 1 aromatic carbocycles. The summed E-state index contributed by atoms with van der Waals surface area (Å²) in [6, 6.07) is 7.16. The van der Waals surface area contributed by atoms with Gasteiger partial charge in [-0.05, 0) is 46.8 Å². The summed E-state index contributed by atoms with van der Waals surface area (Å²) in [6.07, 6.45) is -0.706. The number of nitrogens with two attached hydrogens (primary N) is 1. The number of amides is 1. The molecule has 122 valence electrons. The first-order valence-electron chi connectivity index (χ1n) is 7.31. The topological polar surface area (TPSA) is 67.9 Å². The Hall–Kier alpha value is -1.75. The highest BCUT2D eigenvalue weighted by Gasteiger charge is 2.26. The smallest absolute Gasteiger partial charge is 0.266 e. The lowest BCUT2D eigenvalue weighted by Gasteiger charge is -2.32. The average molecular weight is 326 g/mol. The lowest BCUT2D eigenvalue weighted by atomic mass is 10.2. The Bertz CT molecular complexity index is 536. The maximum absolute atomic E-state index is 12.4. The van der Waals surface area contributed by atoms with E-state index in [1.165, 1.54) is 0 Å². The highest BCUT2D eigenvalue weighted by atomic mass is 35.5. The van der Waals surface area contributed by atoms with Gasteiger partial charge in [-0.2, -0.15) is 0 Å². The summed E-state index contributed by atoms with van der Waals surface area (Å²) in [5, 5.41) is 4.41. The van der Waals surface area contributed by atoms with E-state index >= 15 is 0 Å². The summed E-state index contributed by atoms with van der Waals surface area (Å²) in [5.74, 6) is 0.0652. The van der Waals surface area contributed by atoms with E-state index in [4.69, 9.17) is 22.2 Å². The summed E-state index contributed by atoms with van der Waals surface area (Å²) in [5.41, 5.74) is 6.50. The van der Waals surface area contributed by atoms with E-state index in [1.807, 2.05) is 27.7 Å². The molecule has 0 aliphatic carbocycles. The molecular weight excluding hydrogens is 302 g/mol. The van der Waals surface area contributed by atoms with Gasteiger partial charge < -0.3 is 15.5 Å². The number of hydrogen-bond donors (Lipinski definition) is 1. The highest BCUT2D eigenvalue weighted by Crippen LogP contribution is 2.12. The van der Waals surface area contributed by atoms with Crippen LogP contribution in [0.25, 0.3) is 0 Å². The molecule has 1 amide bonds. The van der Waals surface area contributed by atoms with Crippen LogP contribution in [0.15, 0.2) is 29.4 Å². The van der Waals surface area contributed by atoms with E-state index in [0.717, 1.165) is 0 Å². The van der Waals surface area contributed by atoms with Crippen LogP contribution in [-0.4, -0.2) is 34.8 Å². The van der Waals surface area contributed by atoms with E-state index in [-0.39, 0.29) is 23.8 Å². The van der Waals surface area contributed by atoms with Crippen molar-refractivity contribution >= 4 is 23.3 Å². The number of nitrogens with zero attached hydrogens (tertiary/aromatic N) is 2. The number of hydrogen-bond acceptors (Lipinski definition) is 3. The molecule has 1 aromatic rings. The van der Waals surface area contributed by atoms with Crippen LogP contribution in [-0.2, 0) is 9.63 Å². The van der Waals surface area contributed by atoms with Crippen LogP contribution in [0.3, 0.4) is 0 Å². The number of amidine groups is 1. The lowest BCUT2D eigenvalue weighted by Crippen LogP contribution is -2.46. The van der Waals surface area contributed by atoms with Gasteiger partial charge in [-0.15, -0.1) is 0 Å². The Balaban J connectivity index is 2.77. The van der Waals surface area contributed by atoms with Gasteiger partial charge in [0.15, 0.2) is 5.84 Å². The van der Waals surface area contributed by atoms with Crippen LogP contribution in [0.5, 0.6) is 0 Å². The van der Waals surface area contributed by atoms with E-state index in [1.54, 1.807) is 36.1 Å². The summed E-state index contributed by atoms with van der Waals surface area (Å²) in [7, 11) is 0. The first-order chi connectivity index (χ1) is 10.2. The van der Waals surface area contributed by atoms with Crippen LogP contribution in [0.1, 0.15) is 40.2 Å². The number of benzene rings is 1. The Labute approximate surface area is 137 Å². The molecule has 1 rings (SSSR count). The molecule has 0 spiro atoms. The van der Waals surface area contributed by atoms with Crippen molar-refractivity contribution in [3.63, 3.8) is 0 Å². The molecule has 6 heteroatoms. The molecule has 0 saturated heterocycles. The van der Waals surface area contributed by atoms with E-state index in [9.17, 15) is 4.79 Å². The van der Waals surface area contributed by atoms with Crippen LogP contribution in [0.2, 0.25) is 5.02 Å². The number of carbonyl (C=O) groups excluding carboxylic acids is 1. The van der Waals surface area contributed by atoms with Gasteiger partial charge in [0.25, 0.3) is 5.91 Å². The highest BCUT2D eigenvalue weighted by molar-refractivity contribution is 6.31. The number of carbonyl (C=O) groups is 1. The molecule has 0 saturated carbocycles. The van der Waals surface area contributed by atoms with Crippen molar-refractivity contribution in [2.75, 3.05) is 0 Å². The molecular formula is C16H24ClN3O2. The summed E-state index contributed by atoms with van der Waals surface area (Å²) in [4.78, 5) is 19.4. The minimum Gasteiger partial charge on any atom is -0.381 e. The van der Waals surface area contributed by atoms with Crippen molar-refractivity contribution in [2.45, 2.75) is 52.8 Å². The molecule has 2 N–H and O–H groups in total. The van der Waals surface area contributed by atoms with Crippen molar-refractivity contribution in [1.82, 2.24) is 4.90 Å². The predicted molar refractivity (Wildman–Crippen MR) is 89.8 cm³/mol. The van der Waals surface area contributed by atoms with Crippen molar-refractivity contribution in [2.24, 2.45) is 10.9 Å². The Morgan fingerprint density at radius 1 is 1.23 bits per heavy atom. The van der Waals surface area contributed by atoms with Crippen molar-refractivity contribution in [3.05, 3.63) is 34.9 Å². The van der Waals surface area contributed by atoms with Crippen LogP contribution in [0.4, 0.5) is 0 Å². The Morgan fingerprint density at radius 3 is 2.32 bits per heavy atom.